The fourth-order valence-electron chi connectivity index (χ4n) is 3.73. The minimum Gasteiger partial charge on any atom is -0.380 e. The Bertz CT molecular complexity index is 1170. The van der Waals surface area contributed by atoms with Gasteiger partial charge in [0.25, 0.3) is 5.91 Å². The molecule has 0 radical (unpaired) electrons. The quantitative estimate of drug-likeness (QED) is 0.618. The molecule has 1 aromatic carbocycles. The van der Waals surface area contributed by atoms with E-state index < -0.39 is 12.7 Å². The molecule has 0 atom stereocenters. The number of nitriles is 1. The van der Waals surface area contributed by atoms with Crippen molar-refractivity contribution in [3.8, 4) is 6.07 Å². The van der Waals surface area contributed by atoms with Gasteiger partial charge in [-0.15, -0.1) is 0 Å². The summed E-state index contributed by atoms with van der Waals surface area (Å²) in [6, 6.07) is 10.2. The number of alkyl halides is 3. The molecule has 0 aliphatic carbocycles. The fraction of sp³-hybridized carbons (Fsp3) is 0.364. The van der Waals surface area contributed by atoms with Crippen LogP contribution in [0.15, 0.2) is 36.5 Å². The van der Waals surface area contributed by atoms with Crippen LogP contribution in [-0.2, 0) is 17.7 Å². The van der Waals surface area contributed by atoms with E-state index in [9.17, 15) is 18.0 Å². The van der Waals surface area contributed by atoms with Gasteiger partial charge >= 0.3 is 6.18 Å². The molecule has 0 spiro atoms. The molecule has 32 heavy (non-hydrogen) atoms. The summed E-state index contributed by atoms with van der Waals surface area (Å²) in [6.45, 7) is 0.593. The van der Waals surface area contributed by atoms with Crippen LogP contribution >= 0.6 is 0 Å². The summed E-state index contributed by atoms with van der Waals surface area (Å²) in [4.78, 5) is 18.7. The Morgan fingerprint density at radius 3 is 2.84 bits per heavy atom. The largest absolute Gasteiger partial charge is 0.408 e. The Kier molecular flexibility index (Phi) is 6.10. The molecule has 0 bridgehead atoms. The van der Waals surface area contributed by atoms with Gasteiger partial charge in [-0.25, -0.2) is 0 Å². The number of nitrogens with zero attached hydrogens (tertiary/aromatic N) is 5. The molecule has 4 rings (SSSR count). The summed E-state index contributed by atoms with van der Waals surface area (Å²) in [5, 5.41) is 13.7. The van der Waals surface area contributed by atoms with Crippen molar-refractivity contribution >= 4 is 16.8 Å². The first-order chi connectivity index (χ1) is 15.3. The Hall–Kier alpha value is -3.45. The van der Waals surface area contributed by atoms with Crippen LogP contribution in [0.1, 0.15) is 33.7 Å². The first-order valence-electron chi connectivity index (χ1n) is 10.1. The predicted molar refractivity (Wildman–Crippen MR) is 109 cm³/mol. The average molecular weight is 443 g/mol. The lowest BCUT2D eigenvalue weighted by molar-refractivity contribution is -0.141. The number of carbonyl (C=O) groups is 1. The molecule has 3 aromatic rings. The standard InChI is InChI=1S/C22H20F3N5O2/c23-22(24,25)14-30-20-11-19(21(31)29-5-2-7-32-8-6-29)27-13-17(20)18(28-30)10-15-3-1-4-16(9-15)12-26/h1,3-4,9,11,13H,2,5-8,10,14H2. The summed E-state index contributed by atoms with van der Waals surface area (Å²) in [5.74, 6) is -0.347. The number of pyridine rings is 1. The zero-order chi connectivity index (χ0) is 22.7. The van der Waals surface area contributed by atoms with Crippen molar-refractivity contribution in [3.05, 3.63) is 59.0 Å². The van der Waals surface area contributed by atoms with E-state index >= 15 is 0 Å². The number of carbonyl (C=O) groups excluding carboxylic acids is 1. The third-order valence-electron chi connectivity index (χ3n) is 5.20. The predicted octanol–water partition coefficient (Wildman–Crippen LogP) is 3.32. The van der Waals surface area contributed by atoms with E-state index in [-0.39, 0.29) is 23.5 Å². The molecule has 0 N–H and O–H groups in total. The molecule has 7 nitrogen and oxygen atoms in total. The highest BCUT2D eigenvalue weighted by Crippen LogP contribution is 2.26. The van der Waals surface area contributed by atoms with Crippen LogP contribution in [0.4, 0.5) is 13.2 Å². The monoisotopic (exact) mass is 443 g/mol. The van der Waals surface area contributed by atoms with Gasteiger partial charge in [0.05, 0.1) is 29.5 Å². The summed E-state index contributed by atoms with van der Waals surface area (Å²) < 4.78 is 45.8. The van der Waals surface area contributed by atoms with E-state index in [4.69, 9.17) is 10.00 Å². The van der Waals surface area contributed by atoms with E-state index in [1.807, 2.05) is 6.07 Å². The van der Waals surface area contributed by atoms with Crippen LogP contribution < -0.4 is 0 Å². The van der Waals surface area contributed by atoms with Gasteiger partial charge in [0, 0.05) is 37.7 Å². The molecule has 0 saturated carbocycles. The van der Waals surface area contributed by atoms with Gasteiger partial charge < -0.3 is 9.64 Å². The van der Waals surface area contributed by atoms with Crippen molar-refractivity contribution in [2.75, 3.05) is 26.3 Å². The number of ether oxygens (including phenoxy) is 1. The second-order valence-corrected chi connectivity index (χ2v) is 7.55. The summed E-state index contributed by atoms with van der Waals surface area (Å²) >= 11 is 0. The molecule has 1 aliphatic rings. The normalized spacial score (nSPS) is 14.9. The molecule has 3 heterocycles. The van der Waals surface area contributed by atoms with Gasteiger partial charge in [0.15, 0.2) is 0 Å². The SMILES string of the molecule is N#Cc1cccc(Cc2nn(CC(F)(F)F)c3cc(C(=O)N4CCCOCC4)ncc23)c1. The number of amides is 1. The van der Waals surface area contributed by atoms with Crippen molar-refractivity contribution < 1.29 is 22.7 Å². The van der Waals surface area contributed by atoms with E-state index in [1.54, 1.807) is 29.2 Å². The van der Waals surface area contributed by atoms with Crippen LogP contribution in [0.3, 0.4) is 0 Å². The molecule has 2 aromatic heterocycles. The van der Waals surface area contributed by atoms with Crippen molar-refractivity contribution in [3.63, 3.8) is 0 Å². The maximum atomic E-state index is 13.2. The number of hydrogen-bond acceptors (Lipinski definition) is 5. The van der Waals surface area contributed by atoms with E-state index in [0.29, 0.717) is 49.4 Å². The number of aromatic nitrogens is 3. The van der Waals surface area contributed by atoms with Crippen LogP contribution in [-0.4, -0.2) is 58.1 Å². The summed E-state index contributed by atoms with van der Waals surface area (Å²) in [6.07, 6.45) is -2.16. The molecular formula is C22H20F3N5O2. The Morgan fingerprint density at radius 2 is 2.06 bits per heavy atom. The second-order valence-electron chi connectivity index (χ2n) is 7.55. The molecule has 1 amide bonds. The maximum Gasteiger partial charge on any atom is 0.408 e. The second kappa shape index (κ2) is 8.96. The van der Waals surface area contributed by atoms with Gasteiger partial charge in [-0.05, 0) is 30.2 Å². The molecule has 1 saturated heterocycles. The maximum absolute atomic E-state index is 13.2. The number of benzene rings is 1. The molecule has 1 aliphatic heterocycles. The highest BCUT2D eigenvalue weighted by Gasteiger charge is 2.30. The first-order valence-corrected chi connectivity index (χ1v) is 10.1. The average Bonchev–Trinajstić information content (AvgIpc) is 2.94. The van der Waals surface area contributed by atoms with Gasteiger partial charge in [-0.1, -0.05) is 12.1 Å². The van der Waals surface area contributed by atoms with Crippen LogP contribution in [0, 0.1) is 11.3 Å². The van der Waals surface area contributed by atoms with Crippen molar-refractivity contribution in [2.45, 2.75) is 25.6 Å². The van der Waals surface area contributed by atoms with Crippen LogP contribution in [0.25, 0.3) is 10.9 Å². The number of hydrogen-bond donors (Lipinski definition) is 0. The first kappa shape index (κ1) is 21.8. The Morgan fingerprint density at radius 1 is 1.22 bits per heavy atom. The topological polar surface area (TPSA) is 84.0 Å². The van der Waals surface area contributed by atoms with Crippen molar-refractivity contribution in [2.24, 2.45) is 0 Å². The Labute approximate surface area is 182 Å². The van der Waals surface area contributed by atoms with Gasteiger partial charge in [0.2, 0.25) is 0 Å². The minimum atomic E-state index is -4.48. The number of rotatable bonds is 4. The van der Waals surface area contributed by atoms with E-state index in [0.717, 1.165) is 10.2 Å². The number of fused-ring (bicyclic) bond motifs is 1. The highest BCUT2D eigenvalue weighted by molar-refractivity contribution is 5.96. The van der Waals surface area contributed by atoms with Crippen LogP contribution in [0.5, 0.6) is 0 Å². The lowest BCUT2D eigenvalue weighted by Gasteiger charge is -2.19. The van der Waals surface area contributed by atoms with Gasteiger partial charge in [-0.2, -0.15) is 23.5 Å². The van der Waals surface area contributed by atoms with Crippen molar-refractivity contribution in [1.29, 1.82) is 5.26 Å². The number of halogens is 3. The molecule has 0 unspecified atom stereocenters. The zero-order valence-electron chi connectivity index (χ0n) is 17.1. The van der Waals surface area contributed by atoms with E-state index in [2.05, 4.69) is 10.1 Å². The molecule has 166 valence electrons. The summed E-state index contributed by atoms with van der Waals surface area (Å²) in [5.41, 5.74) is 1.86. The molecular weight excluding hydrogens is 423 g/mol. The van der Waals surface area contributed by atoms with Gasteiger partial charge in [-0.3, -0.25) is 14.5 Å². The minimum absolute atomic E-state index is 0.0701. The van der Waals surface area contributed by atoms with Crippen LogP contribution in [0.2, 0.25) is 0 Å². The van der Waals surface area contributed by atoms with Gasteiger partial charge in [0.1, 0.15) is 12.2 Å². The highest BCUT2D eigenvalue weighted by atomic mass is 19.4. The zero-order valence-corrected chi connectivity index (χ0v) is 17.1. The molecule has 1 fully saturated rings. The third kappa shape index (κ3) is 4.89. The lowest BCUT2D eigenvalue weighted by Crippen LogP contribution is -2.33. The smallest absolute Gasteiger partial charge is 0.380 e. The fourth-order valence-corrected chi connectivity index (χ4v) is 3.73. The van der Waals surface area contributed by atoms with Crippen molar-refractivity contribution in [1.82, 2.24) is 19.7 Å². The molecule has 10 heteroatoms. The third-order valence-corrected chi connectivity index (χ3v) is 5.20. The Balaban J connectivity index is 1.72. The lowest BCUT2D eigenvalue weighted by atomic mass is 10.1. The van der Waals surface area contributed by atoms with E-state index in [1.165, 1.54) is 12.3 Å². The summed E-state index contributed by atoms with van der Waals surface area (Å²) in [7, 11) is 0.